The van der Waals surface area contributed by atoms with E-state index in [4.69, 9.17) is 32.7 Å². The van der Waals surface area contributed by atoms with Crippen molar-refractivity contribution in [3.05, 3.63) is 92.2 Å². The Labute approximate surface area is 209 Å². The van der Waals surface area contributed by atoms with Crippen LogP contribution in [0, 0.1) is 6.92 Å². The summed E-state index contributed by atoms with van der Waals surface area (Å²) in [6.45, 7) is 3.68. The van der Waals surface area contributed by atoms with Gasteiger partial charge in [-0.25, -0.2) is 0 Å². The largest absolute Gasteiger partial charge is 0.477 e. The van der Waals surface area contributed by atoms with Crippen molar-refractivity contribution in [2.45, 2.75) is 20.0 Å². The summed E-state index contributed by atoms with van der Waals surface area (Å²) in [5, 5.41) is 1.07. The van der Waals surface area contributed by atoms with Crippen molar-refractivity contribution >= 4 is 40.7 Å². The predicted octanol–water partition coefficient (Wildman–Crippen LogP) is 6.34. The number of anilines is 1. The number of ketones is 1. The number of rotatable bonds is 4. The van der Waals surface area contributed by atoms with E-state index in [9.17, 15) is 4.79 Å². The summed E-state index contributed by atoms with van der Waals surface area (Å²) in [4.78, 5) is 17.4. The first-order chi connectivity index (χ1) is 16.3. The van der Waals surface area contributed by atoms with Crippen LogP contribution in [0.3, 0.4) is 0 Å². The summed E-state index contributed by atoms with van der Waals surface area (Å²) < 4.78 is 12.1. The zero-order chi connectivity index (χ0) is 24.0. The third kappa shape index (κ3) is 4.27. The molecule has 0 unspecified atom stereocenters. The van der Waals surface area contributed by atoms with E-state index in [1.165, 1.54) is 0 Å². The van der Waals surface area contributed by atoms with E-state index in [0.717, 1.165) is 33.7 Å². The van der Waals surface area contributed by atoms with Gasteiger partial charge >= 0.3 is 0 Å². The maximum Gasteiger partial charge on any atom is 0.231 e. The van der Waals surface area contributed by atoms with Gasteiger partial charge in [0.1, 0.15) is 18.2 Å². The van der Waals surface area contributed by atoms with Gasteiger partial charge in [0, 0.05) is 44.0 Å². The molecular formula is C27H24Cl2N2O3. The molecule has 0 spiro atoms. The lowest BCUT2D eigenvalue weighted by Gasteiger charge is -2.30. The Hall–Kier alpha value is -2.99. The Bertz CT molecular complexity index is 1320. The summed E-state index contributed by atoms with van der Waals surface area (Å²) in [7, 11) is 3.98. The molecule has 2 aliphatic rings. The fourth-order valence-electron chi connectivity index (χ4n) is 4.31. The van der Waals surface area contributed by atoms with Gasteiger partial charge in [0.2, 0.25) is 5.78 Å². The number of fused-ring (bicyclic) bond motifs is 2. The van der Waals surface area contributed by atoms with Crippen molar-refractivity contribution in [1.29, 1.82) is 0 Å². The zero-order valence-electron chi connectivity index (χ0n) is 19.2. The molecule has 0 bridgehead atoms. The number of Topliss-reactive ketones (excluding diaryl/α,β-unsaturated/α-hetero) is 1. The van der Waals surface area contributed by atoms with Gasteiger partial charge < -0.3 is 14.4 Å². The third-order valence-electron chi connectivity index (χ3n) is 6.10. The number of ether oxygens (including phenoxy) is 2. The molecule has 174 valence electrons. The van der Waals surface area contributed by atoms with Crippen LogP contribution in [-0.4, -0.2) is 31.5 Å². The molecule has 0 fully saturated rings. The molecule has 0 amide bonds. The second kappa shape index (κ2) is 8.99. The molecule has 34 heavy (non-hydrogen) atoms. The van der Waals surface area contributed by atoms with Crippen LogP contribution in [0.1, 0.15) is 32.6 Å². The highest BCUT2D eigenvalue weighted by Crippen LogP contribution is 2.43. The van der Waals surface area contributed by atoms with E-state index in [-0.39, 0.29) is 5.78 Å². The Balaban J connectivity index is 1.38. The summed E-state index contributed by atoms with van der Waals surface area (Å²) in [6.07, 6.45) is 1.79. The highest BCUT2D eigenvalue weighted by atomic mass is 35.5. The highest BCUT2D eigenvalue weighted by molar-refractivity contribution is 6.42. The number of hydrogen-bond acceptors (Lipinski definition) is 5. The molecule has 0 aromatic heterocycles. The minimum atomic E-state index is -0.112. The van der Waals surface area contributed by atoms with Crippen LogP contribution in [0.4, 0.5) is 5.69 Å². The van der Waals surface area contributed by atoms with E-state index in [2.05, 4.69) is 4.90 Å². The van der Waals surface area contributed by atoms with Gasteiger partial charge in [-0.2, -0.15) is 0 Å². The normalized spacial score (nSPS) is 16.1. The van der Waals surface area contributed by atoms with Gasteiger partial charge in [-0.3, -0.25) is 9.69 Å². The molecule has 0 atom stereocenters. The van der Waals surface area contributed by atoms with Gasteiger partial charge in [-0.15, -0.1) is 0 Å². The first-order valence-corrected chi connectivity index (χ1v) is 11.7. The lowest BCUT2D eigenvalue weighted by atomic mass is 10.00. The van der Waals surface area contributed by atoms with E-state index in [0.29, 0.717) is 46.9 Å². The van der Waals surface area contributed by atoms with E-state index in [1.54, 1.807) is 12.1 Å². The summed E-state index contributed by atoms with van der Waals surface area (Å²) in [5.74, 6) is 1.58. The first kappa shape index (κ1) is 22.8. The highest BCUT2D eigenvalue weighted by Gasteiger charge is 2.33. The van der Waals surface area contributed by atoms with Crippen LogP contribution >= 0.6 is 23.2 Å². The lowest BCUT2D eigenvalue weighted by Crippen LogP contribution is -2.32. The number of benzene rings is 3. The van der Waals surface area contributed by atoms with E-state index >= 15 is 0 Å². The monoisotopic (exact) mass is 494 g/mol. The number of carbonyl (C=O) groups is 1. The second-order valence-electron chi connectivity index (χ2n) is 8.80. The molecule has 3 aromatic carbocycles. The second-order valence-corrected chi connectivity index (χ2v) is 9.62. The molecule has 0 aliphatic carbocycles. The molecular weight excluding hydrogens is 471 g/mol. The van der Waals surface area contributed by atoms with Crippen molar-refractivity contribution in [3.63, 3.8) is 0 Å². The van der Waals surface area contributed by atoms with Crippen LogP contribution in [-0.2, 0) is 13.1 Å². The molecule has 0 N–H and O–H groups in total. The minimum Gasteiger partial charge on any atom is -0.477 e. The van der Waals surface area contributed by atoms with E-state index < -0.39 is 0 Å². The van der Waals surface area contributed by atoms with Crippen LogP contribution in [0.2, 0.25) is 10.0 Å². The summed E-state index contributed by atoms with van der Waals surface area (Å²) in [6, 6.07) is 15.5. The number of halogens is 2. The van der Waals surface area contributed by atoms with Gasteiger partial charge in [0.05, 0.1) is 15.6 Å². The molecule has 2 heterocycles. The number of hydrogen-bond donors (Lipinski definition) is 0. The Morgan fingerprint density at radius 1 is 1.03 bits per heavy atom. The predicted molar refractivity (Wildman–Crippen MR) is 136 cm³/mol. The molecule has 5 nitrogen and oxygen atoms in total. The van der Waals surface area contributed by atoms with Crippen LogP contribution in [0.25, 0.3) is 6.08 Å². The van der Waals surface area contributed by atoms with Gasteiger partial charge in [-0.1, -0.05) is 41.4 Å². The average molecular weight is 495 g/mol. The molecule has 0 radical (unpaired) electrons. The SMILES string of the molecule is Cc1c2c(cc3c1O/C(=C\c1ccc(N(C)C)cc1)C3=O)CN(Cc1ccc(Cl)c(Cl)c1)CO2. The number of allylic oxidation sites excluding steroid dienone is 1. The molecule has 3 aromatic rings. The summed E-state index contributed by atoms with van der Waals surface area (Å²) >= 11 is 12.2. The lowest BCUT2D eigenvalue weighted by molar-refractivity contribution is 0.0876. The molecule has 0 saturated heterocycles. The topological polar surface area (TPSA) is 42.0 Å². The van der Waals surface area contributed by atoms with Crippen LogP contribution in [0.15, 0.2) is 54.3 Å². The maximum absolute atomic E-state index is 13.2. The van der Waals surface area contributed by atoms with Crippen LogP contribution < -0.4 is 14.4 Å². The first-order valence-electron chi connectivity index (χ1n) is 11.0. The minimum absolute atomic E-state index is 0.112. The van der Waals surface area contributed by atoms with Crippen LogP contribution in [0.5, 0.6) is 11.5 Å². The Kier molecular flexibility index (Phi) is 6.02. The standard InChI is InChI=1S/C27H24Cl2N2O3/c1-16-26-19(14-31(15-33-26)13-18-6-9-22(28)23(29)10-18)12-21-25(32)24(34-27(16)21)11-17-4-7-20(8-5-17)30(2)3/h4-12H,13-15H2,1-3H3/b24-11-. The van der Waals surface area contributed by atoms with Gasteiger partial charge in [0.15, 0.2) is 5.76 Å². The number of carbonyl (C=O) groups excluding carboxylic acids is 1. The molecule has 5 rings (SSSR count). The molecule has 0 saturated carbocycles. The van der Waals surface area contributed by atoms with Crippen molar-refractivity contribution in [2.24, 2.45) is 0 Å². The van der Waals surface area contributed by atoms with Gasteiger partial charge in [-0.05, 0) is 54.5 Å². The molecule has 7 heteroatoms. The Morgan fingerprint density at radius 3 is 2.50 bits per heavy atom. The molecule has 2 aliphatic heterocycles. The van der Waals surface area contributed by atoms with E-state index in [1.807, 2.05) is 68.4 Å². The fraction of sp³-hybridized carbons (Fsp3) is 0.222. The smallest absolute Gasteiger partial charge is 0.231 e. The van der Waals surface area contributed by atoms with Gasteiger partial charge in [0.25, 0.3) is 0 Å². The summed E-state index contributed by atoms with van der Waals surface area (Å²) in [5.41, 5.74) is 5.44. The van der Waals surface area contributed by atoms with Crippen molar-refractivity contribution in [3.8, 4) is 11.5 Å². The quantitative estimate of drug-likeness (QED) is 0.396. The van der Waals surface area contributed by atoms with Crippen molar-refractivity contribution < 1.29 is 14.3 Å². The average Bonchev–Trinajstić information content (AvgIpc) is 3.12. The number of nitrogens with zero attached hydrogens (tertiary/aromatic N) is 2. The fourth-order valence-corrected chi connectivity index (χ4v) is 4.63. The maximum atomic E-state index is 13.2. The van der Waals surface area contributed by atoms with Crippen molar-refractivity contribution in [1.82, 2.24) is 4.90 Å². The third-order valence-corrected chi connectivity index (χ3v) is 6.84. The zero-order valence-corrected chi connectivity index (χ0v) is 20.7. The Morgan fingerprint density at radius 2 is 1.79 bits per heavy atom. The van der Waals surface area contributed by atoms with Crippen molar-refractivity contribution in [2.75, 3.05) is 25.7 Å².